The van der Waals surface area contributed by atoms with E-state index in [0.29, 0.717) is 68.2 Å². The summed E-state index contributed by atoms with van der Waals surface area (Å²) in [5.41, 5.74) is 0.501. The molecule has 47 heavy (non-hydrogen) atoms. The Labute approximate surface area is 280 Å². The SMILES string of the molecule is COCCCOc1cc(C(=O)N(C(C)C)C2CCC(CCN(C(=O)c3ccccc3)C3CC3)N(C(=O)OC(C)(C)C)C2)ccc1OC. The number of carbonyl (C=O) groups is 3. The Kier molecular flexibility index (Phi) is 12.5. The van der Waals surface area contributed by atoms with Gasteiger partial charge in [0.25, 0.3) is 11.8 Å². The number of ether oxygens (including phenoxy) is 4. The molecule has 10 heteroatoms. The first kappa shape index (κ1) is 36.1. The van der Waals surface area contributed by atoms with Crippen LogP contribution in [0.2, 0.25) is 0 Å². The molecule has 2 atom stereocenters. The van der Waals surface area contributed by atoms with Gasteiger partial charge in [0, 0.05) is 62.5 Å². The maximum atomic E-state index is 14.1. The van der Waals surface area contributed by atoms with E-state index in [2.05, 4.69) is 0 Å². The van der Waals surface area contributed by atoms with Crippen LogP contribution >= 0.6 is 0 Å². The van der Waals surface area contributed by atoms with E-state index in [9.17, 15) is 14.4 Å². The molecule has 4 rings (SSSR count). The van der Waals surface area contributed by atoms with Crippen LogP contribution in [0.25, 0.3) is 0 Å². The van der Waals surface area contributed by atoms with Crippen molar-refractivity contribution in [3.05, 3.63) is 59.7 Å². The largest absolute Gasteiger partial charge is 0.493 e. The normalized spacial score (nSPS) is 18.1. The zero-order chi connectivity index (χ0) is 34.1. The molecule has 1 aliphatic heterocycles. The predicted octanol–water partition coefficient (Wildman–Crippen LogP) is 6.42. The Morgan fingerprint density at radius 1 is 0.872 bits per heavy atom. The van der Waals surface area contributed by atoms with Crippen LogP contribution in [0.15, 0.2) is 48.5 Å². The zero-order valence-corrected chi connectivity index (χ0v) is 29.2. The van der Waals surface area contributed by atoms with E-state index in [0.717, 1.165) is 19.3 Å². The summed E-state index contributed by atoms with van der Waals surface area (Å²) in [5.74, 6) is 0.953. The van der Waals surface area contributed by atoms with Gasteiger partial charge in [-0.3, -0.25) is 9.59 Å². The third-order valence-corrected chi connectivity index (χ3v) is 8.63. The lowest BCUT2D eigenvalue weighted by Gasteiger charge is -2.45. The average molecular weight is 652 g/mol. The Morgan fingerprint density at radius 2 is 1.57 bits per heavy atom. The second-order valence-corrected chi connectivity index (χ2v) is 13.8. The van der Waals surface area contributed by atoms with Gasteiger partial charge in [-0.2, -0.15) is 0 Å². The fraction of sp³-hybridized carbons (Fsp3) is 0.595. The molecule has 10 nitrogen and oxygen atoms in total. The molecular weight excluding hydrogens is 598 g/mol. The van der Waals surface area contributed by atoms with Crippen LogP contribution in [0, 0.1) is 0 Å². The van der Waals surface area contributed by atoms with Gasteiger partial charge in [0.1, 0.15) is 5.60 Å². The maximum absolute atomic E-state index is 14.1. The van der Waals surface area contributed by atoms with Crippen molar-refractivity contribution in [2.24, 2.45) is 0 Å². The third-order valence-electron chi connectivity index (χ3n) is 8.63. The Morgan fingerprint density at radius 3 is 2.19 bits per heavy atom. The van der Waals surface area contributed by atoms with E-state index in [4.69, 9.17) is 18.9 Å². The molecule has 2 unspecified atom stereocenters. The zero-order valence-electron chi connectivity index (χ0n) is 29.2. The molecule has 0 bridgehead atoms. The molecular formula is C37H53N3O7. The number of benzene rings is 2. The van der Waals surface area contributed by atoms with Crippen LogP contribution in [0.5, 0.6) is 11.5 Å². The minimum absolute atomic E-state index is 0.0312. The van der Waals surface area contributed by atoms with Crippen molar-refractivity contribution in [2.75, 3.05) is 40.5 Å². The number of hydrogen-bond acceptors (Lipinski definition) is 7. The molecule has 0 radical (unpaired) electrons. The molecule has 3 amide bonds. The molecule has 1 aliphatic carbocycles. The van der Waals surface area contributed by atoms with Crippen LogP contribution in [0.3, 0.4) is 0 Å². The highest BCUT2D eigenvalue weighted by Crippen LogP contribution is 2.33. The Balaban J connectivity index is 1.52. The van der Waals surface area contributed by atoms with Crippen LogP contribution < -0.4 is 9.47 Å². The minimum atomic E-state index is -0.672. The van der Waals surface area contributed by atoms with Crippen molar-refractivity contribution in [1.82, 2.24) is 14.7 Å². The fourth-order valence-electron chi connectivity index (χ4n) is 6.23. The van der Waals surface area contributed by atoms with E-state index >= 15 is 0 Å². The first-order valence-electron chi connectivity index (χ1n) is 16.9. The van der Waals surface area contributed by atoms with Crippen LogP contribution in [0.4, 0.5) is 4.79 Å². The molecule has 258 valence electrons. The van der Waals surface area contributed by atoms with Crippen molar-refractivity contribution in [1.29, 1.82) is 0 Å². The van der Waals surface area contributed by atoms with Crippen molar-refractivity contribution in [3.8, 4) is 11.5 Å². The quantitative estimate of drug-likeness (QED) is 0.217. The second kappa shape index (κ2) is 16.4. The summed E-state index contributed by atoms with van der Waals surface area (Å²) in [7, 11) is 3.22. The predicted molar refractivity (Wildman–Crippen MR) is 181 cm³/mol. The van der Waals surface area contributed by atoms with E-state index < -0.39 is 11.7 Å². The third kappa shape index (κ3) is 9.86. The van der Waals surface area contributed by atoms with Gasteiger partial charge in [-0.1, -0.05) is 18.2 Å². The maximum Gasteiger partial charge on any atom is 0.410 e. The van der Waals surface area contributed by atoms with E-state index in [1.54, 1.807) is 37.3 Å². The number of carbonyl (C=O) groups excluding carboxylic acids is 3. The van der Waals surface area contributed by atoms with E-state index in [1.807, 2.05) is 74.8 Å². The summed E-state index contributed by atoms with van der Waals surface area (Å²) >= 11 is 0. The summed E-state index contributed by atoms with van der Waals surface area (Å²) < 4.78 is 22.5. The number of likely N-dealkylation sites (tertiary alicyclic amines) is 1. The first-order chi connectivity index (χ1) is 22.4. The molecule has 2 aromatic rings. The summed E-state index contributed by atoms with van der Waals surface area (Å²) in [5, 5.41) is 0. The van der Waals surface area contributed by atoms with Gasteiger partial charge in [-0.25, -0.2) is 4.79 Å². The number of amides is 3. The van der Waals surface area contributed by atoms with E-state index in [-0.39, 0.29) is 36.0 Å². The van der Waals surface area contributed by atoms with Crippen LogP contribution in [-0.4, -0.2) is 103 Å². The Bertz CT molecular complexity index is 1340. The molecule has 0 spiro atoms. The van der Waals surface area contributed by atoms with Crippen molar-refractivity contribution in [2.45, 2.75) is 103 Å². The van der Waals surface area contributed by atoms with Crippen LogP contribution in [0.1, 0.15) is 93.9 Å². The highest BCUT2D eigenvalue weighted by molar-refractivity contribution is 5.95. The summed E-state index contributed by atoms with van der Waals surface area (Å²) in [6.45, 7) is 11.5. The summed E-state index contributed by atoms with van der Waals surface area (Å²) in [4.78, 5) is 46.9. The smallest absolute Gasteiger partial charge is 0.410 e. The fourth-order valence-corrected chi connectivity index (χ4v) is 6.23. The topological polar surface area (TPSA) is 97.9 Å². The minimum Gasteiger partial charge on any atom is -0.493 e. The van der Waals surface area contributed by atoms with Gasteiger partial charge in [0.05, 0.1) is 19.8 Å². The monoisotopic (exact) mass is 651 g/mol. The standard InChI is InChI=1S/C37H53N3O7/c1-26(2)40(35(42)28-14-19-32(45-7)33(24-28)46-23-11-22-44-6)31-18-17-30(39(25-31)36(43)47-37(3,4)5)20-21-38(29-15-16-29)34(41)27-12-9-8-10-13-27/h8-10,12-14,19,24,26,29-31H,11,15-18,20-23,25H2,1-7H3. The number of piperidine rings is 1. The molecule has 0 N–H and O–H groups in total. The lowest BCUT2D eigenvalue weighted by atomic mass is 9.93. The highest BCUT2D eigenvalue weighted by Gasteiger charge is 2.40. The second-order valence-electron chi connectivity index (χ2n) is 13.8. The lowest BCUT2D eigenvalue weighted by molar-refractivity contribution is -0.00901. The lowest BCUT2D eigenvalue weighted by Crippen LogP contribution is -2.58. The molecule has 2 aromatic carbocycles. The molecule has 2 fully saturated rings. The van der Waals surface area contributed by atoms with Gasteiger partial charge < -0.3 is 33.6 Å². The van der Waals surface area contributed by atoms with Gasteiger partial charge >= 0.3 is 6.09 Å². The summed E-state index contributed by atoms with van der Waals surface area (Å²) in [6.07, 6.45) is 4.36. The Hall–Kier alpha value is -3.79. The number of hydrogen-bond donors (Lipinski definition) is 0. The highest BCUT2D eigenvalue weighted by atomic mass is 16.6. The molecule has 1 saturated heterocycles. The van der Waals surface area contributed by atoms with Gasteiger partial charge in [-0.15, -0.1) is 0 Å². The van der Waals surface area contributed by atoms with Crippen molar-refractivity contribution >= 4 is 17.9 Å². The van der Waals surface area contributed by atoms with E-state index in [1.165, 1.54) is 0 Å². The van der Waals surface area contributed by atoms with Crippen molar-refractivity contribution in [3.63, 3.8) is 0 Å². The number of nitrogens with zero attached hydrogens (tertiary/aromatic N) is 3. The first-order valence-corrected chi connectivity index (χ1v) is 16.9. The molecule has 0 aromatic heterocycles. The van der Waals surface area contributed by atoms with Crippen LogP contribution in [-0.2, 0) is 9.47 Å². The molecule has 1 heterocycles. The number of rotatable bonds is 14. The average Bonchev–Trinajstić information content (AvgIpc) is 3.88. The van der Waals surface area contributed by atoms with Gasteiger partial charge in [0.2, 0.25) is 0 Å². The molecule has 2 aliphatic rings. The van der Waals surface area contributed by atoms with Gasteiger partial charge in [0.15, 0.2) is 11.5 Å². The molecule has 1 saturated carbocycles. The van der Waals surface area contributed by atoms with Gasteiger partial charge in [-0.05, 0) is 97.1 Å². The number of methoxy groups -OCH3 is 2. The summed E-state index contributed by atoms with van der Waals surface area (Å²) in [6, 6.07) is 14.4. The van der Waals surface area contributed by atoms with Crippen molar-refractivity contribution < 1.29 is 33.3 Å².